The summed E-state index contributed by atoms with van der Waals surface area (Å²) in [5, 5.41) is 14.1. The molecule has 1 aromatic rings. The summed E-state index contributed by atoms with van der Waals surface area (Å²) in [7, 11) is 0. The van der Waals surface area contributed by atoms with E-state index in [1.54, 1.807) is 26.8 Å². The number of hydrogen-bond acceptors (Lipinski definition) is 7. The lowest BCUT2D eigenvalue weighted by Gasteiger charge is -2.43. The largest absolute Gasteiger partial charge is 0.446 e. The second-order valence-electron chi connectivity index (χ2n) is 11.5. The van der Waals surface area contributed by atoms with E-state index in [-0.39, 0.29) is 41.6 Å². The molecule has 1 saturated heterocycles. The normalized spacial score (nSPS) is 20.6. The van der Waals surface area contributed by atoms with Crippen molar-refractivity contribution in [1.82, 2.24) is 10.2 Å². The Bertz CT molecular complexity index is 948. The molecular weight excluding hydrogens is 525 g/mol. The molecule has 2 rings (SSSR count). The molecule has 1 heterocycles. The highest BCUT2D eigenvalue weighted by Gasteiger charge is 2.42. The average Bonchev–Trinajstić information content (AvgIpc) is 2.73. The maximum absolute atomic E-state index is 13.1. The molecule has 8 nitrogen and oxygen atoms in total. The Labute approximate surface area is 226 Å². The maximum atomic E-state index is 13.1. The molecular formula is C26H39F3N2O6S. The predicted molar refractivity (Wildman–Crippen MR) is 138 cm³/mol. The molecule has 0 spiro atoms. The van der Waals surface area contributed by atoms with Gasteiger partial charge in [-0.2, -0.15) is 13.2 Å². The minimum absolute atomic E-state index is 0.0127. The molecule has 4 atom stereocenters. The molecule has 0 aromatic heterocycles. The van der Waals surface area contributed by atoms with Crippen LogP contribution >= 0.6 is 11.8 Å². The van der Waals surface area contributed by atoms with E-state index >= 15 is 0 Å². The highest BCUT2D eigenvalue weighted by molar-refractivity contribution is 8.00. The van der Waals surface area contributed by atoms with Crippen LogP contribution in [-0.2, 0) is 25.4 Å². The second kappa shape index (κ2) is 12.9. The van der Waals surface area contributed by atoms with E-state index in [0.29, 0.717) is 12.2 Å². The number of aliphatic hydroxyl groups is 1. The summed E-state index contributed by atoms with van der Waals surface area (Å²) in [5.41, 5.74) is -4.93. The third-order valence-electron chi connectivity index (χ3n) is 5.31. The van der Waals surface area contributed by atoms with Crippen molar-refractivity contribution < 1.29 is 42.1 Å². The fourth-order valence-corrected chi connectivity index (χ4v) is 4.44. The van der Waals surface area contributed by atoms with Gasteiger partial charge in [0.05, 0.1) is 37.9 Å². The van der Waals surface area contributed by atoms with Crippen LogP contribution in [0.4, 0.5) is 18.0 Å². The standard InChI is InChI=1S/C26H39F3N2O6S/c1-16(32)30-19(12-17-9-8-10-18(11-17)38-26(27,28)29)22(33)20-14-35-21(36-15-24(2,3)4)13-31(20)23(34)37-25(5,6)7/h8-11,19-22,33H,12-15H2,1-7H3,(H,30,32)/t19-,20+,21-,22-/m0/s1. The smallest absolute Gasteiger partial charge is 0.444 e. The first-order valence-corrected chi connectivity index (χ1v) is 13.2. The van der Waals surface area contributed by atoms with Crippen molar-refractivity contribution in [2.75, 3.05) is 19.8 Å². The summed E-state index contributed by atoms with van der Waals surface area (Å²) in [6.07, 6.45) is -2.73. The molecule has 0 radical (unpaired) electrons. The van der Waals surface area contributed by atoms with Crippen LogP contribution in [0.15, 0.2) is 29.2 Å². The van der Waals surface area contributed by atoms with Crippen LogP contribution in [0.5, 0.6) is 0 Å². The van der Waals surface area contributed by atoms with E-state index < -0.39 is 47.6 Å². The summed E-state index contributed by atoms with van der Waals surface area (Å²) in [5.74, 6) is -0.443. The lowest BCUT2D eigenvalue weighted by molar-refractivity contribution is -0.211. The van der Waals surface area contributed by atoms with E-state index in [0.717, 1.165) is 0 Å². The molecule has 1 aliphatic heterocycles. The minimum Gasteiger partial charge on any atom is -0.444 e. The maximum Gasteiger partial charge on any atom is 0.446 e. The van der Waals surface area contributed by atoms with Crippen molar-refractivity contribution >= 4 is 23.8 Å². The summed E-state index contributed by atoms with van der Waals surface area (Å²) in [6, 6.07) is 3.95. The number of carbonyl (C=O) groups excluding carboxylic acids is 2. The van der Waals surface area contributed by atoms with Gasteiger partial charge >= 0.3 is 11.6 Å². The number of alkyl halides is 3. The number of thioether (sulfide) groups is 1. The zero-order valence-electron chi connectivity index (χ0n) is 22.9. The molecule has 0 saturated carbocycles. The van der Waals surface area contributed by atoms with Crippen LogP contribution < -0.4 is 5.32 Å². The molecule has 2 amide bonds. The van der Waals surface area contributed by atoms with Crippen molar-refractivity contribution in [3.05, 3.63) is 29.8 Å². The summed E-state index contributed by atoms with van der Waals surface area (Å²) < 4.78 is 55.8. The molecule has 216 valence electrons. The number of hydrogen-bond donors (Lipinski definition) is 2. The summed E-state index contributed by atoms with van der Waals surface area (Å²) in [6.45, 7) is 12.7. The van der Waals surface area contributed by atoms with Crippen molar-refractivity contribution in [3.63, 3.8) is 0 Å². The van der Waals surface area contributed by atoms with E-state index in [1.165, 1.54) is 30.0 Å². The molecule has 1 aliphatic rings. The van der Waals surface area contributed by atoms with Gasteiger partial charge in [-0.3, -0.25) is 9.69 Å². The first-order valence-electron chi connectivity index (χ1n) is 12.4. The van der Waals surface area contributed by atoms with Crippen molar-refractivity contribution in [2.24, 2.45) is 5.41 Å². The SMILES string of the molecule is CC(=O)N[C@@H](Cc1cccc(SC(F)(F)F)c1)[C@H](O)[C@H]1CO[C@@H](OCC(C)(C)C)CN1C(=O)OC(C)(C)C. The Kier molecular flexibility index (Phi) is 10.9. The highest BCUT2D eigenvalue weighted by Crippen LogP contribution is 2.37. The van der Waals surface area contributed by atoms with Crippen molar-refractivity contribution in [1.29, 1.82) is 0 Å². The topological polar surface area (TPSA) is 97.3 Å². The molecule has 0 aliphatic carbocycles. The number of ether oxygens (including phenoxy) is 3. The van der Waals surface area contributed by atoms with Crippen LogP contribution in [0.3, 0.4) is 0 Å². The number of benzene rings is 1. The number of carbonyl (C=O) groups is 2. The zero-order valence-corrected chi connectivity index (χ0v) is 23.7. The number of halogens is 3. The average molecular weight is 565 g/mol. The van der Waals surface area contributed by atoms with E-state index in [4.69, 9.17) is 14.2 Å². The van der Waals surface area contributed by atoms with Gasteiger partial charge in [-0.25, -0.2) is 4.79 Å². The Hall–Kier alpha value is -2.02. The van der Waals surface area contributed by atoms with E-state index in [9.17, 15) is 27.9 Å². The van der Waals surface area contributed by atoms with Crippen molar-refractivity contribution in [3.8, 4) is 0 Å². The van der Waals surface area contributed by atoms with Gasteiger partial charge in [-0.1, -0.05) is 32.9 Å². The zero-order chi connectivity index (χ0) is 28.9. The van der Waals surface area contributed by atoms with Gasteiger partial charge in [-0.05, 0) is 62.1 Å². The first-order chi connectivity index (χ1) is 17.3. The van der Waals surface area contributed by atoms with Gasteiger partial charge in [-0.15, -0.1) is 0 Å². The van der Waals surface area contributed by atoms with Gasteiger partial charge < -0.3 is 24.6 Å². The lowest BCUT2D eigenvalue weighted by Crippen LogP contribution is -2.62. The molecule has 38 heavy (non-hydrogen) atoms. The van der Waals surface area contributed by atoms with Gasteiger partial charge in [0, 0.05) is 11.8 Å². The predicted octanol–water partition coefficient (Wildman–Crippen LogP) is 4.73. The molecule has 1 fully saturated rings. The van der Waals surface area contributed by atoms with Gasteiger partial charge in [0.2, 0.25) is 5.91 Å². The second-order valence-corrected chi connectivity index (χ2v) is 12.7. The van der Waals surface area contributed by atoms with Crippen LogP contribution in [0.25, 0.3) is 0 Å². The summed E-state index contributed by atoms with van der Waals surface area (Å²) in [4.78, 5) is 26.4. The number of nitrogens with one attached hydrogen (secondary N) is 1. The number of nitrogens with zero attached hydrogens (tertiary/aromatic N) is 1. The summed E-state index contributed by atoms with van der Waals surface area (Å²) >= 11 is -0.245. The Morgan fingerprint density at radius 1 is 1.21 bits per heavy atom. The number of aliphatic hydroxyl groups excluding tert-OH is 1. The molecule has 12 heteroatoms. The molecule has 0 bridgehead atoms. The fourth-order valence-electron chi connectivity index (χ4n) is 3.81. The van der Waals surface area contributed by atoms with Crippen LogP contribution in [-0.4, -0.2) is 77.4 Å². The fraction of sp³-hybridized carbons (Fsp3) is 0.692. The monoisotopic (exact) mass is 564 g/mol. The lowest BCUT2D eigenvalue weighted by atomic mass is 9.95. The first kappa shape index (κ1) is 32.2. The van der Waals surface area contributed by atoms with Crippen LogP contribution in [0, 0.1) is 5.41 Å². The third kappa shape index (κ3) is 11.4. The van der Waals surface area contributed by atoms with Crippen molar-refractivity contribution in [2.45, 2.75) is 95.4 Å². The quantitative estimate of drug-likeness (QED) is 0.441. The minimum atomic E-state index is -4.45. The number of amides is 2. The Morgan fingerprint density at radius 3 is 2.42 bits per heavy atom. The van der Waals surface area contributed by atoms with E-state index in [2.05, 4.69) is 5.32 Å². The molecule has 1 aromatic carbocycles. The molecule has 0 unspecified atom stereocenters. The van der Waals surface area contributed by atoms with Crippen LogP contribution in [0.1, 0.15) is 54.0 Å². The third-order valence-corrected chi connectivity index (χ3v) is 6.03. The number of rotatable bonds is 8. The van der Waals surface area contributed by atoms with E-state index in [1.807, 2.05) is 20.8 Å². The van der Waals surface area contributed by atoms with Gasteiger partial charge in [0.25, 0.3) is 0 Å². The van der Waals surface area contributed by atoms with Crippen LogP contribution in [0.2, 0.25) is 0 Å². The highest BCUT2D eigenvalue weighted by atomic mass is 32.2. The Balaban J connectivity index is 2.29. The molecule has 2 N–H and O–H groups in total. The number of morpholine rings is 1. The Morgan fingerprint density at radius 2 is 1.87 bits per heavy atom. The van der Waals surface area contributed by atoms with Gasteiger partial charge in [0.15, 0.2) is 6.29 Å². The van der Waals surface area contributed by atoms with Gasteiger partial charge in [0.1, 0.15) is 5.60 Å².